The third-order valence-corrected chi connectivity index (χ3v) is 6.43. The number of aliphatic hydroxyl groups excluding tert-OH is 1. The summed E-state index contributed by atoms with van der Waals surface area (Å²) in [5, 5.41) is 22.9. The Morgan fingerprint density at radius 2 is 1.94 bits per heavy atom. The molecule has 0 bridgehead atoms. The number of halogens is 1. The second kappa shape index (κ2) is 10.8. The van der Waals surface area contributed by atoms with Crippen molar-refractivity contribution >= 4 is 22.6 Å². The van der Waals surface area contributed by atoms with Crippen LogP contribution >= 0.6 is 0 Å². The van der Waals surface area contributed by atoms with E-state index in [4.69, 9.17) is 5.11 Å². The molecule has 1 heterocycles. The normalized spacial score (nSPS) is 16.2. The van der Waals surface area contributed by atoms with Gasteiger partial charge in [-0.05, 0) is 44.2 Å². The van der Waals surface area contributed by atoms with E-state index < -0.39 is 23.3 Å². The number of carbonyl (C=O) groups is 1. The molecule has 2 aromatic rings. The number of aliphatic hydroxyl groups is 1. The molecule has 174 valence electrons. The van der Waals surface area contributed by atoms with Gasteiger partial charge in [-0.3, -0.25) is 4.79 Å². The van der Waals surface area contributed by atoms with Gasteiger partial charge in [-0.15, -0.1) is 0 Å². The summed E-state index contributed by atoms with van der Waals surface area (Å²) in [6, 6.07) is 3.29. The van der Waals surface area contributed by atoms with Crippen LogP contribution in [0.2, 0.25) is 0 Å². The molecule has 1 aliphatic carbocycles. The molecule has 1 aromatic carbocycles. The van der Waals surface area contributed by atoms with Gasteiger partial charge < -0.3 is 20.1 Å². The number of carboxylic acids is 1. The Morgan fingerprint density at radius 3 is 2.56 bits per heavy atom. The third kappa shape index (κ3) is 5.38. The van der Waals surface area contributed by atoms with Gasteiger partial charge in [-0.2, -0.15) is 0 Å². The maximum absolute atomic E-state index is 15.0. The molecule has 1 saturated carbocycles. The third-order valence-electron chi connectivity index (χ3n) is 6.43. The number of hydrogen-bond acceptors (Lipinski definition) is 4. The Hall–Kier alpha value is -2.67. The SMILES string of the molecule is CCC(CC)n1cc(C(O)CC=CC(=O)O)c(=O)c2cc(F)c(NC3CCCCC3)cc21. The lowest BCUT2D eigenvalue weighted by Crippen LogP contribution is -2.24. The highest BCUT2D eigenvalue weighted by molar-refractivity contribution is 5.84. The van der Waals surface area contributed by atoms with Crippen LogP contribution in [0.15, 0.2) is 35.3 Å². The molecule has 3 N–H and O–H groups in total. The minimum atomic E-state index is -1.17. The zero-order chi connectivity index (χ0) is 23.3. The minimum Gasteiger partial charge on any atom is -0.478 e. The Bertz CT molecular complexity index is 1040. The average molecular weight is 445 g/mol. The molecule has 1 fully saturated rings. The number of benzene rings is 1. The fourth-order valence-corrected chi connectivity index (χ4v) is 4.61. The van der Waals surface area contributed by atoms with E-state index in [-0.39, 0.29) is 29.5 Å². The lowest BCUT2D eigenvalue weighted by molar-refractivity contribution is -0.131. The number of aliphatic carboxylic acids is 1. The lowest BCUT2D eigenvalue weighted by Gasteiger charge is -2.26. The molecule has 0 aliphatic heterocycles. The number of aromatic nitrogens is 1. The van der Waals surface area contributed by atoms with Gasteiger partial charge in [0, 0.05) is 35.3 Å². The molecular formula is C25H33FN2O4. The van der Waals surface area contributed by atoms with Crippen molar-refractivity contribution in [3.8, 4) is 0 Å². The summed E-state index contributed by atoms with van der Waals surface area (Å²) in [6.45, 7) is 4.10. The van der Waals surface area contributed by atoms with E-state index in [1.54, 1.807) is 12.3 Å². The molecule has 0 amide bonds. The molecule has 6 nitrogen and oxygen atoms in total. The number of nitrogens with zero attached hydrogens (tertiary/aromatic N) is 1. The Labute approximate surface area is 187 Å². The smallest absolute Gasteiger partial charge is 0.327 e. The predicted molar refractivity (Wildman–Crippen MR) is 125 cm³/mol. The fourth-order valence-electron chi connectivity index (χ4n) is 4.61. The molecule has 7 heteroatoms. The van der Waals surface area contributed by atoms with Crippen LogP contribution in [-0.4, -0.2) is 26.8 Å². The first kappa shape index (κ1) is 24.0. The number of carboxylic acid groups (broad SMARTS) is 1. The highest BCUT2D eigenvalue weighted by atomic mass is 19.1. The Kier molecular flexibility index (Phi) is 8.07. The number of anilines is 1. The van der Waals surface area contributed by atoms with Crippen LogP contribution < -0.4 is 10.7 Å². The Morgan fingerprint density at radius 1 is 1.25 bits per heavy atom. The van der Waals surface area contributed by atoms with Gasteiger partial charge in [-0.1, -0.05) is 39.2 Å². The van der Waals surface area contributed by atoms with Gasteiger partial charge in [0.05, 0.1) is 17.3 Å². The molecule has 1 aromatic heterocycles. The van der Waals surface area contributed by atoms with Crippen molar-refractivity contribution in [2.75, 3.05) is 5.32 Å². The minimum absolute atomic E-state index is 0.0141. The van der Waals surface area contributed by atoms with Crippen LogP contribution in [0.1, 0.15) is 82.9 Å². The standard InChI is InChI=1S/C25H33FN2O4/c1-3-17(4-2)28-15-19(23(29)11-8-12-24(30)31)25(32)18-13-20(26)21(14-22(18)28)27-16-9-6-5-7-10-16/h8,12-17,23,27,29H,3-7,9-11H2,1-2H3,(H,30,31). The Balaban J connectivity index is 2.09. The van der Waals surface area contributed by atoms with E-state index in [1.165, 1.54) is 18.6 Å². The summed E-state index contributed by atoms with van der Waals surface area (Å²) < 4.78 is 17.0. The summed E-state index contributed by atoms with van der Waals surface area (Å²) in [7, 11) is 0. The van der Waals surface area contributed by atoms with Crippen LogP contribution in [0.4, 0.5) is 10.1 Å². The summed E-state index contributed by atoms with van der Waals surface area (Å²) in [6.07, 6.45) is 9.82. The van der Waals surface area contributed by atoms with Crippen molar-refractivity contribution in [3.63, 3.8) is 0 Å². The zero-order valence-corrected chi connectivity index (χ0v) is 18.8. The molecular weight excluding hydrogens is 411 g/mol. The van der Waals surface area contributed by atoms with Gasteiger partial charge in [0.1, 0.15) is 5.82 Å². The second-order valence-electron chi connectivity index (χ2n) is 8.61. The highest BCUT2D eigenvalue weighted by Gasteiger charge is 2.21. The molecule has 0 spiro atoms. The van der Waals surface area contributed by atoms with Crippen LogP contribution in [-0.2, 0) is 4.79 Å². The van der Waals surface area contributed by atoms with E-state index in [2.05, 4.69) is 19.2 Å². The monoisotopic (exact) mass is 444 g/mol. The van der Waals surface area contributed by atoms with E-state index in [1.807, 2.05) is 4.57 Å². The van der Waals surface area contributed by atoms with Crippen molar-refractivity contribution < 1.29 is 19.4 Å². The van der Waals surface area contributed by atoms with Crippen LogP contribution in [0.25, 0.3) is 10.9 Å². The van der Waals surface area contributed by atoms with E-state index in [0.717, 1.165) is 44.6 Å². The van der Waals surface area contributed by atoms with Gasteiger partial charge in [0.2, 0.25) is 0 Å². The van der Waals surface area contributed by atoms with Crippen LogP contribution in [0.3, 0.4) is 0 Å². The van der Waals surface area contributed by atoms with Gasteiger partial charge >= 0.3 is 5.97 Å². The molecule has 3 rings (SSSR count). The first-order chi connectivity index (χ1) is 15.3. The maximum Gasteiger partial charge on any atom is 0.327 e. The van der Waals surface area contributed by atoms with Crippen molar-refractivity contribution in [1.29, 1.82) is 0 Å². The quantitative estimate of drug-likeness (QED) is 0.456. The lowest BCUT2D eigenvalue weighted by atomic mass is 9.95. The number of rotatable bonds is 9. The zero-order valence-electron chi connectivity index (χ0n) is 18.8. The highest BCUT2D eigenvalue weighted by Crippen LogP contribution is 2.30. The predicted octanol–water partition coefficient (Wildman–Crippen LogP) is 5.31. The molecule has 32 heavy (non-hydrogen) atoms. The topological polar surface area (TPSA) is 91.6 Å². The summed E-state index contributed by atoms with van der Waals surface area (Å²) >= 11 is 0. The maximum atomic E-state index is 15.0. The average Bonchev–Trinajstić information content (AvgIpc) is 2.77. The van der Waals surface area contributed by atoms with Crippen LogP contribution in [0.5, 0.6) is 0 Å². The number of fused-ring (bicyclic) bond motifs is 1. The second-order valence-corrected chi connectivity index (χ2v) is 8.61. The molecule has 1 atom stereocenters. The fraction of sp³-hybridized carbons (Fsp3) is 0.520. The first-order valence-corrected chi connectivity index (χ1v) is 11.6. The summed E-state index contributed by atoms with van der Waals surface area (Å²) in [5.74, 6) is -1.60. The van der Waals surface area contributed by atoms with E-state index in [9.17, 15) is 14.7 Å². The van der Waals surface area contributed by atoms with Crippen molar-refractivity contribution in [2.45, 2.75) is 83.4 Å². The molecule has 0 radical (unpaired) electrons. The van der Waals surface area contributed by atoms with Gasteiger partial charge in [-0.25, -0.2) is 9.18 Å². The van der Waals surface area contributed by atoms with Crippen LogP contribution in [0, 0.1) is 5.82 Å². The summed E-state index contributed by atoms with van der Waals surface area (Å²) in [5.41, 5.74) is 0.759. The molecule has 1 aliphatic rings. The van der Waals surface area contributed by atoms with Gasteiger partial charge in [0.25, 0.3) is 0 Å². The number of pyridine rings is 1. The molecule has 0 saturated heterocycles. The number of hydrogen-bond donors (Lipinski definition) is 3. The van der Waals surface area contributed by atoms with Gasteiger partial charge in [0.15, 0.2) is 5.43 Å². The van der Waals surface area contributed by atoms with E-state index >= 15 is 4.39 Å². The largest absolute Gasteiger partial charge is 0.478 e. The van der Waals surface area contributed by atoms with Crippen molar-refractivity contribution in [3.05, 3.63) is 52.1 Å². The number of nitrogens with one attached hydrogen (secondary N) is 1. The molecule has 1 unspecified atom stereocenters. The van der Waals surface area contributed by atoms with E-state index in [0.29, 0.717) is 11.2 Å². The summed E-state index contributed by atoms with van der Waals surface area (Å²) in [4.78, 5) is 23.9. The van der Waals surface area contributed by atoms with Crippen molar-refractivity contribution in [2.24, 2.45) is 0 Å². The first-order valence-electron chi connectivity index (χ1n) is 11.6. The van der Waals surface area contributed by atoms with Crippen molar-refractivity contribution in [1.82, 2.24) is 4.57 Å².